The number of hydrogen-bond acceptors (Lipinski definition) is 2. The third-order valence-electron chi connectivity index (χ3n) is 12.3. The van der Waals surface area contributed by atoms with Crippen LogP contribution in [0.25, 0.3) is 76.8 Å². The highest BCUT2D eigenvalue weighted by atomic mass is 15.1. The highest BCUT2D eigenvalue weighted by molar-refractivity contribution is 6.33. The predicted molar refractivity (Wildman–Crippen MR) is 245 cm³/mol. The van der Waals surface area contributed by atoms with Gasteiger partial charge in [0.1, 0.15) is 0 Å². The summed E-state index contributed by atoms with van der Waals surface area (Å²) >= 11 is 0. The molecule has 0 spiro atoms. The van der Waals surface area contributed by atoms with Crippen LogP contribution in [0.3, 0.4) is 0 Å². The van der Waals surface area contributed by atoms with E-state index in [2.05, 4.69) is 212 Å². The van der Waals surface area contributed by atoms with E-state index in [-0.39, 0.29) is 5.41 Å². The van der Waals surface area contributed by atoms with Gasteiger partial charge in [0.15, 0.2) is 0 Å². The summed E-state index contributed by atoms with van der Waals surface area (Å²) in [5.41, 5.74) is 15.7. The van der Waals surface area contributed by atoms with E-state index in [1.807, 2.05) is 18.5 Å². The molecule has 0 N–H and O–H groups in total. The molecule has 1 heterocycles. The summed E-state index contributed by atoms with van der Waals surface area (Å²) in [5.74, 6) is 0. The first kappa shape index (κ1) is 34.0. The van der Waals surface area contributed by atoms with Crippen LogP contribution in [0.1, 0.15) is 25.0 Å². The number of pyridine rings is 1. The molecule has 58 heavy (non-hydrogen) atoms. The minimum atomic E-state index is -0.123. The van der Waals surface area contributed by atoms with Gasteiger partial charge in [-0.2, -0.15) is 0 Å². The Kier molecular flexibility index (Phi) is 7.87. The van der Waals surface area contributed by atoms with Crippen LogP contribution in [0.4, 0.5) is 17.1 Å². The molecule has 0 radical (unpaired) electrons. The Balaban J connectivity index is 1.24. The van der Waals surface area contributed by atoms with Crippen molar-refractivity contribution < 1.29 is 0 Å². The van der Waals surface area contributed by atoms with Crippen molar-refractivity contribution in [3.63, 3.8) is 0 Å². The lowest BCUT2D eigenvalue weighted by molar-refractivity contribution is 0.660. The Morgan fingerprint density at radius 1 is 0.379 bits per heavy atom. The molecule has 0 unspecified atom stereocenters. The van der Waals surface area contributed by atoms with Gasteiger partial charge in [-0.3, -0.25) is 4.98 Å². The van der Waals surface area contributed by atoms with Crippen molar-refractivity contribution in [3.8, 4) is 44.5 Å². The van der Waals surface area contributed by atoms with Gasteiger partial charge in [-0.05, 0) is 130 Å². The minimum Gasteiger partial charge on any atom is -0.309 e. The predicted octanol–water partition coefficient (Wildman–Crippen LogP) is 15.3. The molecule has 10 aromatic rings. The summed E-state index contributed by atoms with van der Waals surface area (Å²) in [6.07, 6.45) is 3.82. The zero-order chi connectivity index (χ0) is 38.8. The molecule has 274 valence electrons. The van der Waals surface area contributed by atoms with Gasteiger partial charge in [-0.15, -0.1) is 0 Å². The number of rotatable bonds is 6. The summed E-state index contributed by atoms with van der Waals surface area (Å²) in [6.45, 7) is 4.70. The number of nitrogens with zero attached hydrogens (tertiary/aromatic N) is 2. The fourth-order valence-corrected chi connectivity index (χ4v) is 9.64. The molecule has 0 fully saturated rings. The Labute approximate surface area is 339 Å². The quantitative estimate of drug-likeness (QED) is 0.158. The first-order valence-electron chi connectivity index (χ1n) is 20.1. The zero-order valence-electron chi connectivity index (χ0n) is 32.5. The van der Waals surface area contributed by atoms with Crippen LogP contribution in [0.15, 0.2) is 207 Å². The van der Waals surface area contributed by atoms with Crippen LogP contribution in [0, 0.1) is 0 Å². The van der Waals surface area contributed by atoms with E-state index in [0.29, 0.717) is 0 Å². The van der Waals surface area contributed by atoms with Crippen LogP contribution < -0.4 is 4.90 Å². The number of aromatic nitrogens is 1. The maximum Gasteiger partial charge on any atom is 0.0644 e. The molecule has 9 aromatic carbocycles. The topological polar surface area (TPSA) is 16.1 Å². The third kappa shape index (κ3) is 5.29. The average molecular weight is 741 g/mol. The zero-order valence-corrected chi connectivity index (χ0v) is 32.5. The smallest absolute Gasteiger partial charge is 0.0644 e. The maximum absolute atomic E-state index is 4.62. The molecular weight excluding hydrogens is 701 g/mol. The molecule has 2 nitrogen and oxygen atoms in total. The largest absolute Gasteiger partial charge is 0.309 e. The van der Waals surface area contributed by atoms with E-state index in [1.54, 1.807) is 0 Å². The molecule has 0 bridgehead atoms. The van der Waals surface area contributed by atoms with Crippen molar-refractivity contribution in [1.29, 1.82) is 0 Å². The highest BCUT2D eigenvalue weighted by Crippen LogP contribution is 2.52. The standard InChI is InChI=1S/C56H40N2/c1-56(2)51-27-15-14-25-44(51)45-30-28-41(34-52(45)56)58(42-23-16-32-57-36-42)40-29-31-47-50(33-40)43-24-12-13-26-46(43)54-49(38-19-8-4-9-20-38)35-48(37-17-6-3-7-18-37)53(55(47)54)39-21-10-5-11-22-39/h3-36H,1-2H3. The summed E-state index contributed by atoms with van der Waals surface area (Å²) in [4.78, 5) is 7.00. The summed E-state index contributed by atoms with van der Waals surface area (Å²) in [6, 6.07) is 71.2. The lowest BCUT2D eigenvalue weighted by Gasteiger charge is -2.28. The molecule has 0 saturated heterocycles. The molecule has 0 saturated carbocycles. The van der Waals surface area contributed by atoms with Crippen molar-refractivity contribution >= 4 is 49.4 Å². The molecule has 11 rings (SSSR count). The van der Waals surface area contributed by atoms with Crippen molar-refractivity contribution in [3.05, 3.63) is 218 Å². The van der Waals surface area contributed by atoms with Crippen molar-refractivity contribution in [2.24, 2.45) is 0 Å². The molecular formula is C56H40N2. The van der Waals surface area contributed by atoms with E-state index in [4.69, 9.17) is 0 Å². The van der Waals surface area contributed by atoms with Gasteiger partial charge in [0.2, 0.25) is 0 Å². The highest BCUT2D eigenvalue weighted by Gasteiger charge is 2.36. The van der Waals surface area contributed by atoms with Gasteiger partial charge in [0.25, 0.3) is 0 Å². The van der Waals surface area contributed by atoms with Crippen LogP contribution in [-0.4, -0.2) is 4.98 Å². The number of anilines is 3. The second kappa shape index (κ2) is 13.4. The van der Waals surface area contributed by atoms with E-state index >= 15 is 0 Å². The van der Waals surface area contributed by atoms with Crippen molar-refractivity contribution in [2.45, 2.75) is 19.3 Å². The van der Waals surface area contributed by atoms with Gasteiger partial charge in [0, 0.05) is 23.0 Å². The molecule has 1 aromatic heterocycles. The second-order valence-electron chi connectivity index (χ2n) is 15.9. The van der Waals surface area contributed by atoms with Gasteiger partial charge in [-0.1, -0.05) is 166 Å². The SMILES string of the molecule is CC1(C)c2ccccc2-c2ccc(N(c3cccnc3)c3ccc4c(c3)c3ccccc3c3c(-c5ccccc5)cc(-c5ccccc5)c(-c5ccccc5)c43)cc21. The Bertz CT molecular complexity index is 3170. The maximum atomic E-state index is 4.62. The van der Waals surface area contributed by atoms with Gasteiger partial charge >= 0.3 is 0 Å². The minimum absolute atomic E-state index is 0.123. The van der Waals surface area contributed by atoms with Crippen molar-refractivity contribution in [1.82, 2.24) is 4.98 Å². The molecule has 0 atom stereocenters. The lowest BCUT2D eigenvalue weighted by Crippen LogP contribution is -2.16. The van der Waals surface area contributed by atoms with E-state index < -0.39 is 0 Å². The van der Waals surface area contributed by atoms with E-state index in [1.165, 1.54) is 88.0 Å². The molecule has 2 heteroatoms. The Morgan fingerprint density at radius 2 is 0.966 bits per heavy atom. The fraction of sp³-hybridized carbons (Fsp3) is 0.0536. The lowest BCUT2D eigenvalue weighted by atomic mass is 9.81. The summed E-state index contributed by atoms with van der Waals surface area (Å²) in [7, 11) is 0. The summed E-state index contributed by atoms with van der Waals surface area (Å²) < 4.78 is 0. The third-order valence-corrected chi connectivity index (χ3v) is 12.3. The average Bonchev–Trinajstić information content (AvgIpc) is 3.52. The Morgan fingerprint density at radius 3 is 1.69 bits per heavy atom. The molecule has 0 amide bonds. The normalized spacial score (nSPS) is 12.8. The van der Waals surface area contributed by atoms with Crippen LogP contribution in [0.5, 0.6) is 0 Å². The van der Waals surface area contributed by atoms with Crippen LogP contribution in [0.2, 0.25) is 0 Å². The Hall–Kier alpha value is -7.29. The number of hydrogen-bond donors (Lipinski definition) is 0. The van der Waals surface area contributed by atoms with Crippen LogP contribution >= 0.6 is 0 Å². The molecule has 1 aliphatic rings. The number of fused-ring (bicyclic) bond motifs is 9. The van der Waals surface area contributed by atoms with Gasteiger partial charge in [0.05, 0.1) is 11.9 Å². The number of benzene rings is 9. The molecule has 1 aliphatic carbocycles. The van der Waals surface area contributed by atoms with Crippen LogP contribution in [-0.2, 0) is 5.41 Å². The van der Waals surface area contributed by atoms with Gasteiger partial charge < -0.3 is 4.90 Å². The monoisotopic (exact) mass is 740 g/mol. The van der Waals surface area contributed by atoms with Crippen molar-refractivity contribution in [2.75, 3.05) is 4.90 Å². The summed E-state index contributed by atoms with van der Waals surface area (Å²) in [5, 5.41) is 7.43. The molecule has 0 aliphatic heterocycles. The first-order chi connectivity index (χ1) is 28.6. The van der Waals surface area contributed by atoms with E-state index in [9.17, 15) is 0 Å². The van der Waals surface area contributed by atoms with E-state index in [0.717, 1.165) is 17.1 Å². The van der Waals surface area contributed by atoms with Gasteiger partial charge in [-0.25, -0.2) is 0 Å². The second-order valence-corrected chi connectivity index (χ2v) is 15.9. The fourth-order valence-electron chi connectivity index (χ4n) is 9.64. The first-order valence-corrected chi connectivity index (χ1v) is 20.1.